The van der Waals surface area contributed by atoms with E-state index in [0.717, 1.165) is 23.1 Å². The number of alkyl halides is 2. The number of thiazole rings is 1. The third kappa shape index (κ3) is 6.09. The number of aromatic nitrogens is 2. The summed E-state index contributed by atoms with van der Waals surface area (Å²) in [6.07, 6.45) is -2.74. The zero-order valence-electron chi connectivity index (χ0n) is 16.1. The van der Waals surface area contributed by atoms with Gasteiger partial charge in [-0.05, 0) is 25.5 Å². The van der Waals surface area contributed by atoms with E-state index < -0.39 is 18.1 Å². The molecule has 0 aliphatic carbocycles. The van der Waals surface area contributed by atoms with Crippen molar-refractivity contribution in [1.82, 2.24) is 9.97 Å². The average molecular weight is 443 g/mol. The largest absolute Gasteiger partial charge is 0.462 e. The molecule has 0 aliphatic heterocycles. The number of carbonyl (C=O) groups excluding carboxylic acids is 1. The van der Waals surface area contributed by atoms with Gasteiger partial charge >= 0.3 is 5.97 Å². The third-order valence-corrected chi connectivity index (χ3v) is 5.65. The molecule has 0 fully saturated rings. The van der Waals surface area contributed by atoms with Gasteiger partial charge in [0.1, 0.15) is 21.7 Å². The van der Waals surface area contributed by atoms with Gasteiger partial charge in [-0.3, -0.25) is 0 Å². The van der Waals surface area contributed by atoms with E-state index in [2.05, 4.69) is 15.3 Å². The van der Waals surface area contributed by atoms with Crippen LogP contribution in [0.15, 0.2) is 11.1 Å². The van der Waals surface area contributed by atoms with Crippen LogP contribution in [0.2, 0.25) is 0 Å². The van der Waals surface area contributed by atoms with Crippen LogP contribution in [0.4, 0.5) is 13.9 Å². The minimum atomic E-state index is -2.74. The summed E-state index contributed by atoms with van der Waals surface area (Å²) in [6, 6.07) is 3.21. The van der Waals surface area contributed by atoms with Gasteiger partial charge in [-0.1, -0.05) is 23.1 Å². The molecule has 29 heavy (non-hydrogen) atoms. The summed E-state index contributed by atoms with van der Waals surface area (Å²) in [6.45, 7) is 4.47. The van der Waals surface area contributed by atoms with Gasteiger partial charge in [0.25, 0.3) is 6.43 Å². The molecule has 0 saturated heterocycles. The molecule has 2 aromatic rings. The zero-order valence-corrected chi connectivity index (χ0v) is 17.8. The SMILES string of the molecule is CCOC(=O)c1sc(NCCOC)nc1CSc1nc(C(F)F)cc(C)c1C#N. The van der Waals surface area contributed by atoms with Gasteiger partial charge in [0.2, 0.25) is 0 Å². The summed E-state index contributed by atoms with van der Waals surface area (Å²) in [5.74, 6) is -0.337. The van der Waals surface area contributed by atoms with Crippen LogP contribution in [-0.4, -0.2) is 42.8 Å². The quantitative estimate of drug-likeness (QED) is 0.332. The molecule has 11 heteroatoms. The van der Waals surface area contributed by atoms with Gasteiger partial charge < -0.3 is 14.8 Å². The molecule has 0 aliphatic rings. The molecule has 0 bridgehead atoms. The topological polar surface area (TPSA) is 97.1 Å². The van der Waals surface area contributed by atoms with Crippen molar-refractivity contribution in [3.63, 3.8) is 0 Å². The summed E-state index contributed by atoms with van der Waals surface area (Å²) >= 11 is 2.22. The fourth-order valence-corrected chi connectivity index (χ4v) is 4.29. The van der Waals surface area contributed by atoms with E-state index in [9.17, 15) is 18.8 Å². The first kappa shape index (κ1) is 23.0. The highest BCUT2D eigenvalue weighted by molar-refractivity contribution is 7.98. The number of esters is 1. The third-order valence-electron chi connectivity index (χ3n) is 3.62. The highest BCUT2D eigenvalue weighted by Crippen LogP contribution is 2.32. The van der Waals surface area contributed by atoms with E-state index in [4.69, 9.17) is 9.47 Å². The van der Waals surface area contributed by atoms with Gasteiger partial charge in [-0.25, -0.2) is 23.5 Å². The molecule has 1 N–H and O–H groups in total. The second kappa shape index (κ2) is 11.0. The number of nitrogens with zero attached hydrogens (tertiary/aromatic N) is 3. The van der Waals surface area contributed by atoms with Crippen molar-refractivity contribution in [3.05, 3.63) is 33.5 Å². The maximum Gasteiger partial charge on any atom is 0.350 e. The molecule has 0 unspecified atom stereocenters. The van der Waals surface area contributed by atoms with Gasteiger partial charge in [-0.2, -0.15) is 5.26 Å². The van der Waals surface area contributed by atoms with Gasteiger partial charge in [0, 0.05) is 19.4 Å². The number of pyridine rings is 1. The Morgan fingerprint density at radius 3 is 2.83 bits per heavy atom. The van der Waals surface area contributed by atoms with Crippen LogP contribution < -0.4 is 5.32 Å². The lowest BCUT2D eigenvalue weighted by Gasteiger charge is -2.09. The average Bonchev–Trinajstić information content (AvgIpc) is 3.09. The number of ether oxygens (including phenoxy) is 2. The van der Waals surface area contributed by atoms with Crippen LogP contribution >= 0.6 is 23.1 Å². The number of hydrogen-bond donors (Lipinski definition) is 1. The number of anilines is 1. The Hall–Kier alpha value is -2.29. The molecule has 0 atom stereocenters. The maximum atomic E-state index is 13.1. The number of halogens is 2. The van der Waals surface area contributed by atoms with Crippen LogP contribution in [0.5, 0.6) is 0 Å². The van der Waals surface area contributed by atoms with E-state index in [1.165, 1.54) is 6.07 Å². The second-order valence-corrected chi connectivity index (χ2v) is 7.64. The summed E-state index contributed by atoms with van der Waals surface area (Å²) < 4.78 is 36.2. The first-order valence-corrected chi connectivity index (χ1v) is 10.4. The molecule has 0 amide bonds. The van der Waals surface area contributed by atoms with Crippen molar-refractivity contribution in [2.45, 2.75) is 31.1 Å². The molecule has 7 nitrogen and oxygen atoms in total. The Balaban J connectivity index is 2.29. The number of thioether (sulfide) groups is 1. The number of rotatable bonds is 10. The van der Waals surface area contributed by atoms with Crippen molar-refractivity contribution < 1.29 is 23.0 Å². The number of hydrogen-bond acceptors (Lipinski definition) is 9. The zero-order chi connectivity index (χ0) is 21.4. The lowest BCUT2D eigenvalue weighted by molar-refractivity contribution is 0.0531. The smallest absolute Gasteiger partial charge is 0.350 e. The normalized spacial score (nSPS) is 10.8. The number of carbonyl (C=O) groups is 1. The highest BCUT2D eigenvalue weighted by Gasteiger charge is 2.21. The van der Waals surface area contributed by atoms with Crippen LogP contribution in [0, 0.1) is 18.3 Å². The molecule has 2 heterocycles. The minimum absolute atomic E-state index is 0.171. The predicted octanol–water partition coefficient (Wildman–Crippen LogP) is 4.18. The van der Waals surface area contributed by atoms with Crippen LogP contribution in [0.25, 0.3) is 0 Å². The van der Waals surface area contributed by atoms with Gasteiger partial charge in [0.05, 0.1) is 24.5 Å². The lowest BCUT2D eigenvalue weighted by Crippen LogP contribution is -2.07. The Kier molecular flexibility index (Phi) is 8.75. The van der Waals surface area contributed by atoms with Crippen molar-refractivity contribution in [3.8, 4) is 6.07 Å². The predicted molar refractivity (Wildman–Crippen MR) is 107 cm³/mol. The number of aryl methyl sites for hydroxylation is 1. The summed E-state index contributed by atoms with van der Waals surface area (Å²) in [4.78, 5) is 20.9. The Labute approximate surface area is 175 Å². The Morgan fingerprint density at radius 1 is 1.45 bits per heavy atom. The number of methoxy groups -OCH3 is 1. The summed E-state index contributed by atoms with van der Waals surface area (Å²) in [5, 5.41) is 13.1. The van der Waals surface area contributed by atoms with E-state index in [-0.39, 0.29) is 22.9 Å². The van der Waals surface area contributed by atoms with Crippen molar-refractivity contribution in [2.24, 2.45) is 0 Å². The minimum Gasteiger partial charge on any atom is -0.462 e. The monoisotopic (exact) mass is 442 g/mol. The van der Waals surface area contributed by atoms with Crippen LogP contribution in [-0.2, 0) is 15.2 Å². The fourth-order valence-electron chi connectivity index (χ4n) is 2.30. The van der Waals surface area contributed by atoms with Crippen molar-refractivity contribution >= 4 is 34.2 Å². The van der Waals surface area contributed by atoms with Gasteiger partial charge in [0.15, 0.2) is 5.13 Å². The number of nitrogens with one attached hydrogen (secondary N) is 1. The summed E-state index contributed by atoms with van der Waals surface area (Å²) in [7, 11) is 1.57. The lowest BCUT2D eigenvalue weighted by atomic mass is 10.1. The molecular weight excluding hydrogens is 422 g/mol. The maximum absolute atomic E-state index is 13.1. The first-order chi connectivity index (χ1) is 13.9. The molecule has 0 spiro atoms. The molecule has 156 valence electrons. The molecule has 0 saturated carbocycles. The summed E-state index contributed by atoms with van der Waals surface area (Å²) in [5.41, 5.74) is 0.691. The van der Waals surface area contributed by atoms with Crippen LogP contribution in [0.1, 0.15) is 45.5 Å². The molecule has 0 aromatic carbocycles. The first-order valence-electron chi connectivity index (χ1n) is 8.63. The highest BCUT2D eigenvalue weighted by atomic mass is 32.2. The van der Waals surface area contributed by atoms with Gasteiger partial charge in [-0.15, -0.1) is 0 Å². The molecule has 2 aromatic heterocycles. The number of nitriles is 1. The van der Waals surface area contributed by atoms with Crippen molar-refractivity contribution in [1.29, 1.82) is 5.26 Å². The van der Waals surface area contributed by atoms with Crippen LogP contribution in [0.3, 0.4) is 0 Å². The second-order valence-electron chi connectivity index (χ2n) is 5.68. The van der Waals surface area contributed by atoms with E-state index in [1.54, 1.807) is 21.0 Å². The van der Waals surface area contributed by atoms with E-state index in [1.807, 2.05) is 6.07 Å². The fraction of sp³-hybridized carbons (Fsp3) is 0.444. The van der Waals surface area contributed by atoms with Crippen molar-refractivity contribution in [2.75, 3.05) is 32.2 Å². The molecule has 2 rings (SSSR count). The standard InChI is InChI=1S/C18H20F2N4O3S2/c1-4-27-17(25)14-13(24-18(29-14)22-5-6-26-3)9-28-16-11(8-21)10(2)7-12(23-16)15(19)20/h7,15H,4-6,9H2,1-3H3,(H,22,24). The Morgan fingerprint density at radius 2 is 2.21 bits per heavy atom. The molecular formula is C18H20F2N4O3S2. The van der Waals surface area contributed by atoms with E-state index in [0.29, 0.717) is 34.4 Å². The molecule has 0 radical (unpaired) electrons. The Bertz CT molecular complexity index is 900. The van der Waals surface area contributed by atoms with E-state index >= 15 is 0 Å².